The van der Waals surface area contributed by atoms with E-state index in [4.69, 9.17) is 0 Å². The smallest absolute Gasteiger partial charge is 0.143 e. The average Bonchev–Trinajstić information content (AvgIpc) is 2.18. The third-order valence-electron chi connectivity index (χ3n) is 1.62. The number of nitrogens with zero attached hydrogens (tertiary/aromatic N) is 2. The van der Waals surface area contributed by atoms with E-state index in [-0.39, 0.29) is 0 Å². The Morgan fingerprint density at radius 3 is 3.07 bits per heavy atom. The number of thioether (sulfide) groups is 1. The fraction of sp³-hybridized carbons (Fsp3) is 0.556. The van der Waals surface area contributed by atoms with E-state index in [2.05, 4.69) is 51.7 Å². The minimum Gasteiger partial charge on any atom is -0.366 e. The number of aromatic nitrogens is 2. The molecule has 0 fully saturated rings. The predicted molar refractivity (Wildman–Crippen MR) is 70.8 cm³/mol. The lowest BCUT2D eigenvalue weighted by Gasteiger charge is -2.14. The van der Waals surface area contributed by atoms with Crippen LogP contribution in [0.25, 0.3) is 0 Å². The molecule has 0 saturated carbocycles. The van der Waals surface area contributed by atoms with Crippen molar-refractivity contribution in [1.29, 1.82) is 0 Å². The van der Waals surface area contributed by atoms with Crippen LogP contribution in [0, 0.1) is 3.57 Å². The third kappa shape index (κ3) is 4.00. The first-order valence-electron chi connectivity index (χ1n) is 4.53. The zero-order valence-electron chi connectivity index (χ0n) is 8.33. The standard InChI is InChI=1S/C9H14IN3S/c1-3-14-5-7(2)13-9-8(10)4-11-6-12-9/h4,6-7H,3,5H2,1-2H3,(H,11,12,13). The van der Waals surface area contributed by atoms with E-state index in [0.29, 0.717) is 6.04 Å². The van der Waals surface area contributed by atoms with Crippen LogP contribution in [0.15, 0.2) is 12.5 Å². The van der Waals surface area contributed by atoms with Gasteiger partial charge in [0.15, 0.2) is 0 Å². The second-order valence-electron chi connectivity index (χ2n) is 2.92. The fourth-order valence-electron chi connectivity index (χ4n) is 0.989. The van der Waals surface area contributed by atoms with Crippen LogP contribution in [-0.2, 0) is 0 Å². The van der Waals surface area contributed by atoms with Crippen molar-refractivity contribution in [1.82, 2.24) is 9.97 Å². The van der Waals surface area contributed by atoms with Gasteiger partial charge in [0.2, 0.25) is 0 Å². The lowest BCUT2D eigenvalue weighted by Crippen LogP contribution is -2.19. The van der Waals surface area contributed by atoms with Gasteiger partial charge in [0.1, 0.15) is 12.1 Å². The number of halogens is 1. The molecular weight excluding hydrogens is 309 g/mol. The van der Waals surface area contributed by atoms with Gasteiger partial charge in [-0.2, -0.15) is 11.8 Å². The van der Waals surface area contributed by atoms with Gasteiger partial charge in [-0.05, 0) is 35.3 Å². The van der Waals surface area contributed by atoms with Crippen LogP contribution < -0.4 is 5.32 Å². The van der Waals surface area contributed by atoms with Crippen LogP contribution in [0.4, 0.5) is 5.82 Å². The number of anilines is 1. The maximum absolute atomic E-state index is 4.19. The topological polar surface area (TPSA) is 37.8 Å². The van der Waals surface area contributed by atoms with E-state index in [1.54, 1.807) is 6.33 Å². The lowest BCUT2D eigenvalue weighted by molar-refractivity contribution is 0.896. The van der Waals surface area contributed by atoms with Gasteiger partial charge in [-0.3, -0.25) is 0 Å². The minimum absolute atomic E-state index is 0.448. The summed E-state index contributed by atoms with van der Waals surface area (Å²) in [5.41, 5.74) is 0. The first-order valence-corrected chi connectivity index (χ1v) is 6.77. The summed E-state index contributed by atoms with van der Waals surface area (Å²) in [6.45, 7) is 4.34. The van der Waals surface area contributed by atoms with Crippen molar-refractivity contribution >= 4 is 40.2 Å². The maximum atomic E-state index is 4.19. The van der Waals surface area contributed by atoms with Gasteiger partial charge in [-0.1, -0.05) is 6.92 Å². The van der Waals surface area contributed by atoms with Gasteiger partial charge >= 0.3 is 0 Å². The summed E-state index contributed by atoms with van der Waals surface area (Å²) in [4.78, 5) is 8.14. The summed E-state index contributed by atoms with van der Waals surface area (Å²) in [5.74, 6) is 3.20. The summed E-state index contributed by atoms with van der Waals surface area (Å²) >= 11 is 4.17. The Morgan fingerprint density at radius 1 is 1.64 bits per heavy atom. The first kappa shape index (κ1) is 12.0. The highest BCUT2D eigenvalue weighted by molar-refractivity contribution is 14.1. The molecule has 0 bridgehead atoms. The quantitative estimate of drug-likeness (QED) is 0.846. The van der Waals surface area contributed by atoms with Gasteiger partial charge in [-0.15, -0.1) is 0 Å². The molecule has 1 N–H and O–H groups in total. The van der Waals surface area contributed by atoms with Crippen molar-refractivity contribution in [2.45, 2.75) is 19.9 Å². The number of rotatable bonds is 5. The summed E-state index contributed by atoms with van der Waals surface area (Å²) in [7, 11) is 0. The highest BCUT2D eigenvalue weighted by Crippen LogP contribution is 2.14. The average molecular weight is 323 g/mol. The van der Waals surface area contributed by atoms with Crippen LogP contribution in [0.1, 0.15) is 13.8 Å². The molecule has 14 heavy (non-hydrogen) atoms. The number of nitrogens with one attached hydrogen (secondary N) is 1. The molecule has 0 aliphatic rings. The second kappa shape index (κ2) is 6.44. The van der Waals surface area contributed by atoms with Crippen LogP contribution in [0.5, 0.6) is 0 Å². The molecule has 1 aromatic rings. The van der Waals surface area contributed by atoms with Crippen molar-refractivity contribution in [3.05, 3.63) is 16.1 Å². The molecule has 0 aliphatic heterocycles. The summed E-state index contributed by atoms with van der Waals surface area (Å²) in [6.07, 6.45) is 3.39. The fourth-order valence-corrected chi connectivity index (χ4v) is 2.12. The van der Waals surface area contributed by atoms with E-state index in [9.17, 15) is 0 Å². The molecule has 0 aliphatic carbocycles. The molecule has 78 valence electrons. The highest BCUT2D eigenvalue weighted by Gasteiger charge is 2.05. The Bertz CT molecular complexity index is 283. The van der Waals surface area contributed by atoms with Crippen LogP contribution in [0.3, 0.4) is 0 Å². The molecule has 3 nitrogen and oxygen atoms in total. The first-order chi connectivity index (χ1) is 6.74. The molecule has 1 atom stereocenters. The Kier molecular flexibility index (Phi) is 5.54. The van der Waals surface area contributed by atoms with Crippen molar-refractivity contribution in [3.63, 3.8) is 0 Å². The Balaban J connectivity index is 2.47. The number of hydrogen-bond donors (Lipinski definition) is 1. The van der Waals surface area contributed by atoms with E-state index in [1.807, 2.05) is 18.0 Å². The predicted octanol–water partition coefficient (Wildman–Crippen LogP) is 2.63. The van der Waals surface area contributed by atoms with Crippen molar-refractivity contribution in [2.24, 2.45) is 0 Å². The maximum Gasteiger partial charge on any atom is 0.143 e. The summed E-state index contributed by atoms with van der Waals surface area (Å²) < 4.78 is 1.07. The third-order valence-corrected chi connectivity index (χ3v) is 3.56. The summed E-state index contributed by atoms with van der Waals surface area (Å²) in [6, 6.07) is 0.448. The highest BCUT2D eigenvalue weighted by atomic mass is 127. The molecule has 1 rings (SSSR count). The van der Waals surface area contributed by atoms with Crippen molar-refractivity contribution in [2.75, 3.05) is 16.8 Å². The molecule has 0 radical (unpaired) electrons. The lowest BCUT2D eigenvalue weighted by atomic mass is 10.4. The van der Waals surface area contributed by atoms with E-state index < -0.39 is 0 Å². The SMILES string of the molecule is CCSCC(C)Nc1ncncc1I. The zero-order valence-corrected chi connectivity index (χ0v) is 11.3. The Morgan fingerprint density at radius 2 is 2.43 bits per heavy atom. The summed E-state index contributed by atoms with van der Waals surface area (Å²) in [5, 5.41) is 3.37. The largest absolute Gasteiger partial charge is 0.366 e. The Hall–Kier alpha value is -0.0400. The molecule has 0 aromatic carbocycles. The zero-order chi connectivity index (χ0) is 10.4. The van der Waals surface area contributed by atoms with Gasteiger partial charge in [0, 0.05) is 18.0 Å². The second-order valence-corrected chi connectivity index (χ2v) is 5.41. The van der Waals surface area contributed by atoms with Crippen LogP contribution in [-0.4, -0.2) is 27.5 Å². The molecule has 5 heteroatoms. The Labute approximate surface area is 103 Å². The molecule has 0 saturated heterocycles. The van der Waals surface area contributed by atoms with Crippen molar-refractivity contribution < 1.29 is 0 Å². The molecule has 1 aromatic heterocycles. The van der Waals surface area contributed by atoms with E-state index in [0.717, 1.165) is 20.9 Å². The molecular formula is C9H14IN3S. The van der Waals surface area contributed by atoms with Crippen LogP contribution in [0.2, 0.25) is 0 Å². The molecule has 1 unspecified atom stereocenters. The molecule has 0 spiro atoms. The molecule has 0 amide bonds. The van der Waals surface area contributed by atoms with E-state index in [1.165, 1.54) is 0 Å². The minimum atomic E-state index is 0.448. The van der Waals surface area contributed by atoms with Gasteiger partial charge in [-0.25, -0.2) is 9.97 Å². The van der Waals surface area contributed by atoms with Gasteiger partial charge < -0.3 is 5.32 Å². The van der Waals surface area contributed by atoms with E-state index >= 15 is 0 Å². The van der Waals surface area contributed by atoms with Crippen molar-refractivity contribution in [3.8, 4) is 0 Å². The monoisotopic (exact) mass is 323 g/mol. The van der Waals surface area contributed by atoms with Gasteiger partial charge in [0.05, 0.1) is 3.57 Å². The molecule has 1 heterocycles. The van der Waals surface area contributed by atoms with Gasteiger partial charge in [0.25, 0.3) is 0 Å². The number of hydrogen-bond acceptors (Lipinski definition) is 4. The normalized spacial score (nSPS) is 12.5. The van der Waals surface area contributed by atoms with Crippen LogP contribution >= 0.6 is 34.4 Å².